The van der Waals surface area contributed by atoms with Crippen LogP contribution in [-0.2, 0) is 9.53 Å². The van der Waals surface area contributed by atoms with E-state index in [2.05, 4.69) is 6.92 Å². The summed E-state index contributed by atoms with van der Waals surface area (Å²) in [5.41, 5.74) is 5.49. The molecule has 4 nitrogen and oxygen atoms in total. The van der Waals surface area contributed by atoms with Crippen molar-refractivity contribution in [3.63, 3.8) is 0 Å². The predicted octanol–water partition coefficient (Wildman–Crippen LogP) is 0.856. The molecule has 0 aliphatic carbocycles. The molecule has 0 heterocycles. The van der Waals surface area contributed by atoms with Crippen molar-refractivity contribution >= 4 is 5.91 Å². The molecule has 0 aromatic carbocycles. The first kappa shape index (κ1) is 14.4. The lowest BCUT2D eigenvalue weighted by Crippen LogP contribution is -2.30. The summed E-state index contributed by atoms with van der Waals surface area (Å²) in [5.74, 6) is 0.601. The van der Waals surface area contributed by atoms with E-state index in [0.717, 1.165) is 6.42 Å². The standard InChI is InChI=1S/C11H24N2O2/c1-4-15-8-7-13(3)11(14)6-5-10(2)9-12/h10H,4-9,12H2,1-3H3. The van der Waals surface area contributed by atoms with Crippen molar-refractivity contribution in [2.45, 2.75) is 26.7 Å². The molecule has 0 aromatic rings. The second-order valence-corrected chi connectivity index (χ2v) is 3.89. The Morgan fingerprint density at radius 1 is 1.53 bits per heavy atom. The Morgan fingerprint density at radius 2 is 2.20 bits per heavy atom. The fourth-order valence-corrected chi connectivity index (χ4v) is 1.15. The maximum absolute atomic E-state index is 11.6. The highest BCUT2D eigenvalue weighted by Gasteiger charge is 2.09. The van der Waals surface area contributed by atoms with E-state index < -0.39 is 0 Å². The van der Waals surface area contributed by atoms with E-state index in [1.807, 2.05) is 14.0 Å². The molecule has 2 N–H and O–H groups in total. The molecule has 15 heavy (non-hydrogen) atoms. The first-order valence-corrected chi connectivity index (χ1v) is 5.63. The Bertz CT molecular complexity index is 174. The molecular weight excluding hydrogens is 192 g/mol. The summed E-state index contributed by atoms with van der Waals surface area (Å²) in [6.07, 6.45) is 1.45. The number of carbonyl (C=O) groups is 1. The Kier molecular flexibility index (Phi) is 8.33. The summed E-state index contributed by atoms with van der Waals surface area (Å²) in [6, 6.07) is 0. The van der Waals surface area contributed by atoms with Crippen LogP contribution < -0.4 is 5.73 Å². The Hall–Kier alpha value is -0.610. The van der Waals surface area contributed by atoms with Crippen LogP contribution in [0.3, 0.4) is 0 Å². The molecule has 1 amide bonds. The molecule has 0 spiro atoms. The van der Waals surface area contributed by atoms with Crippen LogP contribution in [0.25, 0.3) is 0 Å². The van der Waals surface area contributed by atoms with E-state index in [0.29, 0.717) is 38.6 Å². The zero-order valence-electron chi connectivity index (χ0n) is 10.2. The van der Waals surface area contributed by atoms with E-state index >= 15 is 0 Å². The fourth-order valence-electron chi connectivity index (χ4n) is 1.15. The predicted molar refractivity (Wildman–Crippen MR) is 61.6 cm³/mol. The third-order valence-electron chi connectivity index (χ3n) is 2.45. The zero-order chi connectivity index (χ0) is 11.7. The first-order chi connectivity index (χ1) is 7.11. The molecule has 0 saturated heterocycles. The number of nitrogens with two attached hydrogens (primary N) is 1. The van der Waals surface area contributed by atoms with E-state index in [1.54, 1.807) is 4.90 Å². The molecule has 0 saturated carbocycles. The Balaban J connectivity index is 3.60. The van der Waals surface area contributed by atoms with E-state index in [4.69, 9.17) is 10.5 Å². The maximum Gasteiger partial charge on any atom is 0.222 e. The van der Waals surface area contributed by atoms with Gasteiger partial charge in [-0.25, -0.2) is 0 Å². The van der Waals surface area contributed by atoms with Gasteiger partial charge in [0.25, 0.3) is 0 Å². The maximum atomic E-state index is 11.6. The van der Waals surface area contributed by atoms with Gasteiger partial charge in [-0.1, -0.05) is 6.92 Å². The topological polar surface area (TPSA) is 55.6 Å². The smallest absolute Gasteiger partial charge is 0.222 e. The minimum absolute atomic E-state index is 0.176. The summed E-state index contributed by atoms with van der Waals surface area (Å²) in [4.78, 5) is 13.3. The number of carbonyl (C=O) groups excluding carboxylic acids is 1. The van der Waals surface area contributed by atoms with Gasteiger partial charge in [-0.3, -0.25) is 4.79 Å². The van der Waals surface area contributed by atoms with Crippen LogP contribution in [0, 0.1) is 5.92 Å². The molecule has 0 fully saturated rings. The third kappa shape index (κ3) is 7.33. The SMILES string of the molecule is CCOCCN(C)C(=O)CCC(C)CN. The van der Waals surface area contributed by atoms with Gasteiger partial charge in [0.2, 0.25) is 5.91 Å². The highest BCUT2D eigenvalue weighted by Crippen LogP contribution is 2.05. The van der Waals surface area contributed by atoms with Crippen molar-refractivity contribution in [2.24, 2.45) is 11.7 Å². The largest absolute Gasteiger partial charge is 0.380 e. The van der Waals surface area contributed by atoms with Crippen molar-refractivity contribution in [2.75, 3.05) is 33.4 Å². The van der Waals surface area contributed by atoms with Gasteiger partial charge >= 0.3 is 0 Å². The number of hydrogen-bond acceptors (Lipinski definition) is 3. The van der Waals surface area contributed by atoms with E-state index in [1.165, 1.54) is 0 Å². The molecule has 0 rings (SSSR count). The number of hydrogen-bond donors (Lipinski definition) is 1. The van der Waals surface area contributed by atoms with Gasteiger partial charge in [-0.05, 0) is 25.8 Å². The minimum atomic E-state index is 0.176. The van der Waals surface area contributed by atoms with Crippen LogP contribution in [0.2, 0.25) is 0 Å². The van der Waals surface area contributed by atoms with Crippen LogP contribution in [0.5, 0.6) is 0 Å². The van der Waals surface area contributed by atoms with Crippen LogP contribution in [-0.4, -0.2) is 44.2 Å². The minimum Gasteiger partial charge on any atom is -0.380 e. The fraction of sp³-hybridized carbons (Fsp3) is 0.909. The second kappa shape index (κ2) is 8.68. The molecule has 0 aliphatic heterocycles. The average molecular weight is 216 g/mol. The molecule has 90 valence electrons. The Morgan fingerprint density at radius 3 is 2.73 bits per heavy atom. The molecule has 0 radical (unpaired) electrons. The summed E-state index contributed by atoms with van der Waals surface area (Å²) in [6.45, 7) is 6.65. The summed E-state index contributed by atoms with van der Waals surface area (Å²) in [5, 5.41) is 0. The normalized spacial score (nSPS) is 12.5. The number of ether oxygens (including phenoxy) is 1. The average Bonchev–Trinajstić information content (AvgIpc) is 2.25. The monoisotopic (exact) mass is 216 g/mol. The lowest BCUT2D eigenvalue weighted by molar-refractivity contribution is -0.130. The molecule has 0 aromatic heterocycles. The van der Waals surface area contributed by atoms with Crippen molar-refractivity contribution < 1.29 is 9.53 Å². The summed E-state index contributed by atoms with van der Waals surface area (Å²) < 4.78 is 5.19. The summed E-state index contributed by atoms with van der Waals surface area (Å²) >= 11 is 0. The summed E-state index contributed by atoms with van der Waals surface area (Å²) in [7, 11) is 1.81. The van der Waals surface area contributed by atoms with Crippen molar-refractivity contribution in [1.29, 1.82) is 0 Å². The van der Waals surface area contributed by atoms with Gasteiger partial charge < -0.3 is 15.4 Å². The van der Waals surface area contributed by atoms with Gasteiger partial charge in [0, 0.05) is 26.6 Å². The van der Waals surface area contributed by atoms with Crippen LogP contribution in [0.4, 0.5) is 0 Å². The highest BCUT2D eigenvalue weighted by atomic mass is 16.5. The van der Waals surface area contributed by atoms with Crippen molar-refractivity contribution in [3.8, 4) is 0 Å². The van der Waals surface area contributed by atoms with Gasteiger partial charge in [0.1, 0.15) is 0 Å². The Labute approximate surface area is 92.8 Å². The lowest BCUT2D eigenvalue weighted by atomic mass is 10.1. The lowest BCUT2D eigenvalue weighted by Gasteiger charge is -2.17. The molecule has 1 atom stereocenters. The molecular formula is C11H24N2O2. The first-order valence-electron chi connectivity index (χ1n) is 5.63. The number of rotatable bonds is 8. The number of amides is 1. The van der Waals surface area contributed by atoms with Crippen LogP contribution in [0.15, 0.2) is 0 Å². The quantitative estimate of drug-likeness (QED) is 0.612. The van der Waals surface area contributed by atoms with Crippen molar-refractivity contribution in [3.05, 3.63) is 0 Å². The van der Waals surface area contributed by atoms with Gasteiger partial charge in [-0.2, -0.15) is 0 Å². The van der Waals surface area contributed by atoms with Gasteiger partial charge in [-0.15, -0.1) is 0 Å². The number of likely N-dealkylation sites (N-methyl/N-ethyl adjacent to an activating group) is 1. The van der Waals surface area contributed by atoms with Crippen LogP contribution in [0.1, 0.15) is 26.7 Å². The second-order valence-electron chi connectivity index (χ2n) is 3.89. The van der Waals surface area contributed by atoms with Gasteiger partial charge in [0.15, 0.2) is 0 Å². The van der Waals surface area contributed by atoms with E-state index in [-0.39, 0.29) is 5.91 Å². The molecule has 0 bridgehead atoms. The molecule has 4 heteroatoms. The van der Waals surface area contributed by atoms with Gasteiger partial charge in [0.05, 0.1) is 6.61 Å². The van der Waals surface area contributed by atoms with E-state index in [9.17, 15) is 4.79 Å². The molecule has 1 unspecified atom stereocenters. The zero-order valence-corrected chi connectivity index (χ0v) is 10.2. The molecule has 0 aliphatic rings. The number of nitrogens with zero attached hydrogens (tertiary/aromatic N) is 1. The third-order valence-corrected chi connectivity index (χ3v) is 2.45. The van der Waals surface area contributed by atoms with Crippen LogP contribution >= 0.6 is 0 Å². The van der Waals surface area contributed by atoms with Crippen molar-refractivity contribution in [1.82, 2.24) is 4.90 Å². The highest BCUT2D eigenvalue weighted by molar-refractivity contribution is 5.75.